The summed E-state index contributed by atoms with van der Waals surface area (Å²) in [7, 11) is 0. The third-order valence-electron chi connectivity index (χ3n) is 10.5. The number of carbonyl (C=O) groups is 2. The molecule has 6 heteroatoms. The molecule has 1 amide bonds. The van der Waals surface area contributed by atoms with Crippen molar-refractivity contribution in [2.75, 3.05) is 6.61 Å². The Balaban J connectivity index is 4.70. The zero-order chi connectivity index (χ0) is 40.3. The van der Waals surface area contributed by atoms with Gasteiger partial charge < -0.3 is 20.3 Å². The molecule has 3 atom stereocenters. The normalized spacial score (nSPS) is 13.8. The minimum Gasteiger partial charge on any atom is -0.462 e. The number of rotatable bonds is 41. The van der Waals surface area contributed by atoms with Crippen LogP contribution in [0.3, 0.4) is 0 Å². The number of hydrogen-bond donors (Lipinski definition) is 3. The van der Waals surface area contributed by atoms with Crippen LogP contribution in [0.25, 0.3) is 0 Å². The summed E-state index contributed by atoms with van der Waals surface area (Å²) in [6.45, 7) is 6.40. The van der Waals surface area contributed by atoms with E-state index in [1.54, 1.807) is 0 Å². The first-order valence-electron chi connectivity index (χ1n) is 23.4. The maximum absolute atomic E-state index is 13.1. The van der Waals surface area contributed by atoms with Gasteiger partial charge >= 0.3 is 5.97 Å². The number of allylic oxidation sites excluding steroid dienone is 8. The lowest BCUT2D eigenvalue weighted by atomic mass is 10.0. The number of nitrogens with one attached hydrogen (secondary N) is 1. The van der Waals surface area contributed by atoms with Crippen molar-refractivity contribution in [1.29, 1.82) is 0 Å². The maximum Gasteiger partial charge on any atom is 0.306 e. The molecule has 0 spiro atoms. The molecule has 0 aromatic rings. The molecule has 3 unspecified atom stereocenters. The Bertz CT molecular complexity index is 957. The van der Waals surface area contributed by atoms with Crippen LogP contribution in [0.5, 0.6) is 0 Å². The first kappa shape index (κ1) is 52.8. The quantitative estimate of drug-likeness (QED) is 0.0327. The van der Waals surface area contributed by atoms with Gasteiger partial charge in [0.05, 0.1) is 25.2 Å². The van der Waals surface area contributed by atoms with Gasteiger partial charge in [-0.05, 0) is 51.4 Å². The van der Waals surface area contributed by atoms with Gasteiger partial charge in [0.1, 0.15) is 6.10 Å². The lowest BCUT2D eigenvalue weighted by Gasteiger charge is -2.24. The number of unbranched alkanes of at least 4 members (excludes halogenated alkanes) is 24. The van der Waals surface area contributed by atoms with E-state index in [4.69, 9.17) is 4.74 Å². The number of aliphatic hydroxyl groups excluding tert-OH is 2. The topological polar surface area (TPSA) is 95.9 Å². The molecule has 0 aliphatic rings. The number of ether oxygens (including phenoxy) is 1. The van der Waals surface area contributed by atoms with Gasteiger partial charge in [-0.1, -0.05) is 211 Å². The smallest absolute Gasteiger partial charge is 0.306 e. The van der Waals surface area contributed by atoms with Gasteiger partial charge in [-0.2, -0.15) is 0 Å². The molecule has 0 saturated carbocycles. The first-order valence-corrected chi connectivity index (χ1v) is 23.4. The van der Waals surface area contributed by atoms with E-state index in [1.165, 1.54) is 109 Å². The Morgan fingerprint density at radius 1 is 0.527 bits per heavy atom. The molecule has 0 bridgehead atoms. The Hall–Kier alpha value is -2.18. The summed E-state index contributed by atoms with van der Waals surface area (Å²) in [6, 6.07) is -0.711. The monoisotopic (exact) mass is 772 g/mol. The third-order valence-corrected chi connectivity index (χ3v) is 10.5. The molecule has 0 aliphatic carbocycles. The third kappa shape index (κ3) is 38.5. The lowest BCUT2D eigenvalue weighted by molar-refractivity contribution is -0.151. The molecule has 0 radical (unpaired) electrons. The predicted molar refractivity (Wildman–Crippen MR) is 236 cm³/mol. The van der Waals surface area contributed by atoms with E-state index in [0.29, 0.717) is 19.3 Å². The van der Waals surface area contributed by atoms with Crippen molar-refractivity contribution in [3.63, 3.8) is 0 Å². The summed E-state index contributed by atoms with van der Waals surface area (Å²) < 4.78 is 5.89. The van der Waals surface area contributed by atoms with Crippen LogP contribution < -0.4 is 5.32 Å². The predicted octanol–water partition coefficient (Wildman–Crippen LogP) is 13.5. The largest absolute Gasteiger partial charge is 0.462 e. The van der Waals surface area contributed by atoms with Crippen LogP contribution in [-0.4, -0.2) is 46.9 Å². The van der Waals surface area contributed by atoms with Crippen molar-refractivity contribution in [3.8, 4) is 0 Å². The average Bonchev–Trinajstić information content (AvgIpc) is 3.18. The molecule has 0 saturated heterocycles. The van der Waals surface area contributed by atoms with Crippen molar-refractivity contribution in [2.45, 2.75) is 244 Å². The van der Waals surface area contributed by atoms with Gasteiger partial charge in [-0.3, -0.25) is 9.59 Å². The number of hydrogen-bond acceptors (Lipinski definition) is 5. The van der Waals surface area contributed by atoms with E-state index >= 15 is 0 Å². The molecule has 55 heavy (non-hydrogen) atoms. The molecule has 0 aromatic heterocycles. The summed E-state index contributed by atoms with van der Waals surface area (Å²) >= 11 is 0. The van der Waals surface area contributed by atoms with Gasteiger partial charge in [0, 0.05) is 6.42 Å². The van der Waals surface area contributed by atoms with Crippen LogP contribution in [-0.2, 0) is 14.3 Å². The van der Waals surface area contributed by atoms with Crippen LogP contribution in [0.2, 0.25) is 0 Å². The summed E-state index contributed by atoms with van der Waals surface area (Å²) in [6.07, 6.45) is 50.2. The number of amides is 1. The second kappa shape index (κ2) is 43.0. The van der Waals surface area contributed by atoms with Crippen molar-refractivity contribution >= 4 is 11.9 Å². The fourth-order valence-corrected chi connectivity index (χ4v) is 6.91. The van der Waals surface area contributed by atoms with E-state index in [1.807, 2.05) is 6.08 Å². The first-order chi connectivity index (χ1) is 27.0. The Morgan fingerprint density at radius 2 is 0.927 bits per heavy atom. The number of esters is 1. The fourth-order valence-electron chi connectivity index (χ4n) is 6.91. The number of aliphatic hydroxyl groups is 2. The summed E-state index contributed by atoms with van der Waals surface area (Å²) in [5, 5.41) is 23.6. The molecule has 6 nitrogen and oxygen atoms in total. The molecular formula is C49H89NO5. The van der Waals surface area contributed by atoms with Crippen molar-refractivity contribution < 1.29 is 24.5 Å². The SMILES string of the molecule is CCCCC/C=C/C=C/C=C/C=C/CCCCCC(CC(=O)NC(CO)C(O)CCCCCCCCCCC)OC(=O)CCCCCCCCCCCCC. The van der Waals surface area contributed by atoms with Gasteiger partial charge in [-0.25, -0.2) is 0 Å². The minimum absolute atomic E-state index is 0.0530. The summed E-state index contributed by atoms with van der Waals surface area (Å²) in [4.78, 5) is 26.0. The minimum atomic E-state index is -0.795. The second-order valence-corrected chi connectivity index (χ2v) is 15.9. The van der Waals surface area contributed by atoms with E-state index < -0.39 is 18.2 Å². The standard InChI is InChI=1S/C49H89NO5/c1-4-7-10-13-16-19-21-22-23-24-25-27-29-31-34-37-40-45(55-49(54)42-39-36-33-30-26-20-17-14-11-8-5-2)43-48(53)50-46(44-51)47(52)41-38-35-32-28-18-15-12-9-6-3/h16,19,21-25,27,45-47,51-52H,4-15,17-18,20,26,28-44H2,1-3H3,(H,50,53)/b19-16+,22-21+,24-23+,27-25+. The van der Waals surface area contributed by atoms with Gasteiger partial charge in [0.2, 0.25) is 5.91 Å². The maximum atomic E-state index is 13.1. The molecular weight excluding hydrogens is 683 g/mol. The van der Waals surface area contributed by atoms with Gasteiger partial charge in [0.25, 0.3) is 0 Å². The van der Waals surface area contributed by atoms with E-state index in [-0.39, 0.29) is 24.9 Å². The average molecular weight is 772 g/mol. The molecule has 0 fully saturated rings. The molecule has 0 heterocycles. The Labute approximate surface area is 340 Å². The van der Waals surface area contributed by atoms with Gasteiger partial charge in [0.15, 0.2) is 0 Å². The number of carbonyl (C=O) groups excluding carboxylic acids is 2. The van der Waals surface area contributed by atoms with E-state index in [9.17, 15) is 19.8 Å². The summed E-state index contributed by atoms with van der Waals surface area (Å²) in [5.74, 6) is -0.512. The van der Waals surface area contributed by atoms with E-state index in [2.05, 4.69) is 68.6 Å². The zero-order valence-electron chi connectivity index (χ0n) is 36.3. The Morgan fingerprint density at radius 3 is 1.44 bits per heavy atom. The zero-order valence-corrected chi connectivity index (χ0v) is 36.3. The van der Waals surface area contributed by atoms with Crippen molar-refractivity contribution in [3.05, 3.63) is 48.6 Å². The van der Waals surface area contributed by atoms with Crippen LogP contribution in [0.4, 0.5) is 0 Å². The highest BCUT2D eigenvalue weighted by molar-refractivity contribution is 5.77. The van der Waals surface area contributed by atoms with Crippen LogP contribution >= 0.6 is 0 Å². The molecule has 0 aliphatic heterocycles. The lowest BCUT2D eigenvalue weighted by Crippen LogP contribution is -2.46. The molecule has 3 N–H and O–H groups in total. The Kier molecular flexibility index (Phi) is 41.2. The highest BCUT2D eigenvalue weighted by Crippen LogP contribution is 2.17. The molecule has 320 valence electrons. The molecule has 0 rings (SSSR count). The summed E-state index contributed by atoms with van der Waals surface area (Å²) in [5.41, 5.74) is 0. The van der Waals surface area contributed by atoms with Crippen molar-refractivity contribution in [1.82, 2.24) is 5.32 Å². The second-order valence-electron chi connectivity index (χ2n) is 15.9. The fraction of sp³-hybridized carbons (Fsp3) is 0.796. The van der Waals surface area contributed by atoms with E-state index in [0.717, 1.165) is 70.6 Å². The van der Waals surface area contributed by atoms with Crippen LogP contribution in [0, 0.1) is 0 Å². The molecule has 0 aromatic carbocycles. The highest BCUT2D eigenvalue weighted by atomic mass is 16.5. The van der Waals surface area contributed by atoms with Crippen LogP contribution in [0.15, 0.2) is 48.6 Å². The van der Waals surface area contributed by atoms with Crippen molar-refractivity contribution in [2.24, 2.45) is 0 Å². The van der Waals surface area contributed by atoms with Crippen LogP contribution in [0.1, 0.15) is 226 Å². The highest BCUT2D eigenvalue weighted by Gasteiger charge is 2.24. The van der Waals surface area contributed by atoms with Gasteiger partial charge in [-0.15, -0.1) is 0 Å².